The fraction of sp³-hybridized carbons (Fsp3) is 0.286. The maximum absolute atomic E-state index is 10.9. The van der Waals surface area contributed by atoms with E-state index in [0.29, 0.717) is 5.56 Å². The summed E-state index contributed by atoms with van der Waals surface area (Å²) in [6.07, 6.45) is 3.51. The number of ether oxygens (including phenoxy) is 1. The molecule has 0 aliphatic rings. The molecule has 0 saturated heterocycles. The lowest BCUT2D eigenvalue weighted by Gasteiger charge is -1.93. The molecule has 0 aliphatic carbocycles. The molecule has 0 bridgehead atoms. The Morgan fingerprint density at radius 1 is 1.73 bits per heavy atom. The SMILES string of the molecule is C[B]n1ccc(C(=O)OC)c1. The second kappa shape index (κ2) is 3.28. The Balaban J connectivity index is 2.80. The van der Waals surface area contributed by atoms with Crippen molar-refractivity contribution in [3.05, 3.63) is 24.0 Å². The molecule has 0 aliphatic heterocycles. The Kier molecular flexibility index (Phi) is 2.36. The van der Waals surface area contributed by atoms with E-state index in [9.17, 15) is 4.79 Å². The maximum atomic E-state index is 10.9. The molecule has 0 fully saturated rings. The average molecular weight is 150 g/mol. The number of methoxy groups -OCH3 is 1. The standard InChI is InChI=1S/C7H9BNO2/c1-8-9-4-3-6(5-9)7(10)11-2/h3-5H,1-2H3. The molecule has 0 N–H and O–H groups in total. The van der Waals surface area contributed by atoms with E-state index >= 15 is 0 Å². The molecule has 0 unspecified atom stereocenters. The van der Waals surface area contributed by atoms with Gasteiger partial charge >= 0.3 is 5.97 Å². The molecule has 0 atom stereocenters. The molecule has 1 heterocycles. The third-order valence-electron chi connectivity index (χ3n) is 1.43. The van der Waals surface area contributed by atoms with Crippen LogP contribution in [0.5, 0.6) is 0 Å². The summed E-state index contributed by atoms with van der Waals surface area (Å²) >= 11 is 0. The highest BCUT2D eigenvalue weighted by Gasteiger charge is 2.05. The van der Waals surface area contributed by atoms with Gasteiger partial charge in [-0.25, -0.2) is 4.79 Å². The van der Waals surface area contributed by atoms with E-state index in [4.69, 9.17) is 0 Å². The van der Waals surface area contributed by atoms with Crippen molar-refractivity contribution in [1.29, 1.82) is 0 Å². The van der Waals surface area contributed by atoms with Crippen LogP contribution in [-0.2, 0) is 4.74 Å². The first-order valence-corrected chi connectivity index (χ1v) is 3.33. The first-order chi connectivity index (χ1) is 5.27. The number of esters is 1. The molecule has 57 valence electrons. The van der Waals surface area contributed by atoms with Crippen molar-refractivity contribution in [3.63, 3.8) is 0 Å². The molecule has 3 nitrogen and oxygen atoms in total. The minimum Gasteiger partial charge on any atom is -0.465 e. The van der Waals surface area contributed by atoms with Gasteiger partial charge in [0.2, 0.25) is 7.41 Å². The van der Waals surface area contributed by atoms with Crippen LogP contribution in [-0.4, -0.2) is 25.0 Å². The molecule has 11 heavy (non-hydrogen) atoms. The van der Waals surface area contributed by atoms with E-state index in [1.54, 1.807) is 22.9 Å². The molecule has 0 spiro atoms. The highest BCUT2D eigenvalue weighted by atomic mass is 16.5. The number of carbonyl (C=O) groups excluding carboxylic acids is 1. The van der Waals surface area contributed by atoms with E-state index < -0.39 is 0 Å². The number of carbonyl (C=O) groups is 1. The van der Waals surface area contributed by atoms with Gasteiger partial charge in [0.15, 0.2) is 0 Å². The van der Waals surface area contributed by atoms with Gasteiger partial charge in [-0.3, -0.25) is 0 Å². The molecule has 0 aromatic carbocycles. The molecule has 1 aromatic rings. The van der Waals surface area contributed by atoms with Crippen molar-refractivity contribution >= 4 is 13.4 Å². The molecule has 4 heteroatoms. The Labute approximate surface area is 66.2 Å². The summed E-state index contributed by atoms with van der Waals surface area (Å²) in [5.41, 5.74) is 0.575. The summed E-state index contributed by atoms with van der Waals surface area (Å²) in [5.74, 6) is -0.300. The summed E-state index contributed by atoms with van der Waals surface area (Å²) in [4.78, 5) is 10.9. The van der Waals surface area contributed by atoms with Crippen molar-refractivity contribution in [1.82, 2.24) is 4.48 Å². The Morgan fingerprint density at radius 3 is 2.91 bits per heavy atom. The van der Waals surface area contributed by atoms with Gasteiger partial charge in [-0.15, -0.1) is 0 Å². The zero-order chi connectivity index (χ0) is 8.27. The predicted molar refractivity (Wildman–Crippen MR) is 42.8 cm³/mol. The predicted octanol–water partition coefficient (Wildman–Crippen LogP) is 0.790. The van der Waals surface area contributed by atoms with Crippen LogP contribution in [0.4, 0.5) is 0 Å². The van der Waals surface area contributed by atoms with Gasteiger partial charge in [-0.05, 0) is 12.3 Å². The fourth-order valence-electron chi connectivity index (χ4n) is 0.812. The van der Waals surface area contributed by atoms with Crippen molar-refractivity contribution in [2.75, 3.05) is 7.11 Å². The van der Waals surface area contributed by atoms with Crippen molar-refractivity contribution in [2.45, 2.75) is 6.82 Å². The lowest BCUT2D eigenvalue weighted by Crippen LogP contribution is -2.01. The van der Waals surface area contributed by atoms with E-state index in [0.717, 1.165) is 0 Å². The summed E-state index contributed by atoms with van der Waals surface area (Å²) in [6, 6.07) is 1.71. The van der Waals surface area contributed by atoms with Crippen LogP contribution >= 0.6 is 0 Å². The molecule has 1 radical (unpaired) electrons. The van der Waals surface area contributed by atoms with Gasteiger partial charge in [-0.1, -0.05) is 6.82 Å². The fourth-order valence-corrected chi connectivity index (χ4v) is 0.812. The molecular formula is C7H9BNO2. The van der Waals surface area contributed by atoms with Crippen LogP contribution in [0, 0.1) is 0 Å². The van der Waals surface area contributed by atoms with Crippen LogP contribution in [0.2, 0.25) is 6.82 Å². The largest absolute Gasteiger partial charge is 0.465 e. The summed E-state index contributed by atoms with van der Waals surface area (Å²) in [6.45, 7) is 1.89. The Morgan fingerprint density at radius 2 is 2.45 bits per heavy atom. The molecule has 0 saturated carbocycles. The number of nitrogens with zero attached hydrogens (tertiary/aromatic N) is 1. The zero-order valence-electron chi connectivity index (χ0n) is 6.57. The van der Waals surface area contributed by atoms with E-state index in [-0.39, 0.29) is 5.97 Å². The highest BCUT2D eigenvalue weighted by Crippen LogP contribution is 2.00. The van der Waals surface area contributed by atoms with Gasteiger partial charge in [0, 0.05) is 6.20 Å². The molecule has 1 aromatic heterocycles. The van der Waals surface area contributed by atoms with Gasteiger partial charge in [0.25, 0.3) is 0 Å². The van der Waals surface area contributed by atoms with Gasteiger partial charge in [0.05, 0.1) is 12.7 Å². The number of aromatic nitrogens is 1. The summed E-state index contributed by atoms with van der Waals surface area (Å²) < 4.78 is 6.33. The maximum Gasteiger partial charge on any atom is 0.339 e. The minimum absolute atomic E-state index is 0.300. The Bertz CT molecular complexity index is 257. The Hall–Kier alpha value is -1.19. The van der Waals surface area contributed by atoms with Crippen LogP contribution in [0.3, 0.4) is 0 Å². The van der Waals surface area contributed by atoms with Gasteiger partial charge < -0.3 is 9.21 Å². The number of hydrogen-bond donors (Lipinski definition) is 0. The quantitative estimate of drug-likeness (QED) is 0.460. The zero-order valence-corrected chi connectivity index (χ0v) is 6.57. The third-order valence-corrected chi connectivity index (χ3v) is 1.43. The van der Waals surface area contributed by atoms with Crippen molar-refractivity contribution in [2.24, 2.45) is 0 Å². The first-order valence-electron chi connectivity index (χ1n) is 3.33. The van der Waals surface area contributed by atoms with E-state index in [2.05, 4.69) is 4.74 Å². The van der Waals surface area contributed by atoms with Crippen LogP contribution in [0.15, 0.2) is 18.5 Å². The van der Waals surface area contributed by atoms with E-state index in [1.807, 2.05) is 14.2 Å². The highest BCUT2D eigenvalue weighted by molar-refractivity contribution is 6.31. The summed E-state index contributed by atoms with van der Waals surface area (Å²) in [7, 11) is 3.22. The lowest BCUT2D eigenvalue weighted by atomic mass is 10.0. The summed E-state index contributed by atoms with van der Waals surface area (Å²) in [5, 5.41) is 0. The van der Waals surface area contributed by atoms with E-state index in [1.165, 1.54) is 7.11 Å². The molecule has 0 amide bonds. The normalized spacial score (nSPS) is 9.27. The number of hydrogen-bond acceptors (Lipinski definition) is 2. The third kappa shape index (κ3) is 1.64. The number of rotatable bonds is 2. The van der Waals surface area contributed by atoms with Crippen molar-refractivity contribution in [3.8, 4) is 0 Å². The first kappa shape index (κ1) is 7.92. The topological polar surface area (TPSA) is 31.2 Å². The van der Waals surface area contributed by atoms with Gasteiger partial charge in [-0.2, -0.15) is 0 Å². The molecule has 1 rings (SSSR count). The van der Waals surface area contributed by atoms with Crippen molar-refractivity contribution < 1.29 is 9.53 Å². The molecular weight excluding hydrogens is 141 g/mol. The van der Waals surface area contributed by atoms with Crippen LogP contribution in [0.25, 0.3) is 0 Å². The smallest absolute Gasteiger partial charge is 0.339 e. The average Bonchev–Trinajstić information content (AvgIpc) is 2.50. The second-order valence-corrected chi connectivity index (χ2v) is 2.10. The monoisotopic (exact) mass is 150 g/mol. The van der Waals surface area contributed by atoms with Crippen LogP contribution < -0.4 is 0 Å². The minimum atomic E-state index is -0.300. The lowest BCUT2D eigenvalue weighted by molar-refractivity contribution is 0.0601. The van der Waals surface area contributed by atoms with Gasteiger partial charge in [0.1, 0.15) is 0 Å². The second-order valence-electron chi connectivity index (χ2n) is 2.10. The van der Waals surface area contributed by atoms with Crippen LogP contribution in [0.1, 0.15) is 10.4 Å².